The van der Waals surface area contributed by atoms with Gasteiger partial charge in [-0.1, -0.05) is 31.0 Å². The van der Waals surface area contributed by atoms with Crippen molar-refractivity contribution < 1.29 is 17.6 Å². The minimum absolute atomic E-state index is 0.0867. The van der Waals surface area contributed by atoms with E-state index in [0.717, 1.165) is 45.1 Å². The summed E-state index contributed by atoms with van der Waals surface area (Å²) in [4.78, 5) is 15.2. The summed E-state index contributed by atoms with van der Waals surface area (Å²) in [5, 5.41) is 2.93. The van der Waals surface area contributed by atoms with Crippen molar-refractivity contribution in [3.05, 3.63) is 59.9 Å². The number of anilines is 1. The van der Waals surface area contributed by atoms with Gasteiger partial charge in [0.1, 0.15) is 5.82 Å². The van der Waals surface area contributed by atoms with Crippen molar-refractivity contribution in [2.45, 2.75) is 50.0 Å². The number of amides is 1. The number of benzene rings is 2. The van der Waals surface area contributed by atoms with E-state index in [1.54, 1.807) is 40.7 Å². The van der Waals surface area contributed by atoms with E-state index >= 15 is 0 Å². The van der Waals surface area contributed by atoms with Crippen molar-refractivity contribution in [2.24, 2.45) is 5.92 Å². The average molecular weight is 474 g/mol. The zero-order valence-corrected chi connectivity index (χ0v) is 19.7. The molecule has 8 heteroatoms. The van der Waals surface area contributed by atoms with E-state index in [-0.39, 0.29) is 22.5 Å². The van der Waals surface area contributed by atoms with Crippen molar-refractivity contribution in [1.82, 2.24) is 9.21 Å². The Labute approximate surface area is 195 Å². The Kier molecular flexibility index (Phi) is 7.78. The largest absolute Gasteiger partial charge is 0.326 e. The zero-order valence-electron chi connectivity index (χ0n) is 18.9. The molecule has 0 saturated carbocycles. The Balaban J connectivity index is 1.35. The van der Waals surface area contributed by atoms with E-state index in [0.29, 0.717) is 37.4 Å². The van der Waals surface area contributed by atoms with Gasteiger partial charge in [-0.15, -0.1) is 0 Å². The van der Waals surface area contributed by atoms with E-state index in [1.165, 1.54) is 6.07 Å². The molecular weight excluding hydrogens is 441 g/mol. The topological polar surface area (TPSA) is 69.7 Å². The number of nitrogens with one attached hydrogen (secondary N) is 1. The Bertz CT molecular complexity index is 1050. The molecule has 2 aromatic carbocycles. The normalized spacial score (nSPS) is 20.8. The molecule has 0 aromatic heterocycles. The monoisotopic (exact) mass is 473 g/mol. The molecule has 2 saturated heterocycles. The van der Waals surface area contributed by atoms with Crippen LogP contribution in [0.5, 0.6) is 0 Å². The minimum Gasteiger partial charge on any atom is -0.326 e. The highest BCUT2D eigenvalue weighted by atomic mass is 32.2. The van der Waals surface area contributed by atoms with Crippen LogP contribution in [0.3, 0.4) is 0 Å². The van der Waals surface area contributed by atoms with Gasteiger partial charge in [0.2, 0.25) is 15.9 Å². The SMILES string of the molecule is O=C(Nc1ccc(S(=O)(=O)N2CCCCCC2)cc1)C1CCCN(Cc2ccccc2F)C1. The van der Waals surface area contributed by atoms with Gasteiger partial charge in [0.15, 0.2) is 0 Å². The smallest absolute Gasteiger partial charge is 0.243 e. The molecule has 2 heterocycles. The van der Waals surface area contributed by atoms with Crippen LogP contribution in [0.4, 0.5) is 10.1 Å². The van der Waals surface area contributed by atoms with Crippen LogP contribution in [0.15, 0.2) is 53.4 Å². The molecule has 1 amide bonds. The van der Waals surface area contributed by atoms with Crippen molar-refractivity contribution in [1.29, 1.82) is 0 Å². The van der Waals surface area contributed by atoms with Gasteiger partial charge >= 0.3 is 0 Å². The first-order chi connectivity index (χ1) is 15.9. The van der Waals surface area contributed by atoms with Crippen molar-refractivity contribution in [3.8, 4) is 0 Å². The Morgan fingerprint density at radius 1 is 0.939 bits per heavy atom. The van der Waals surface area contributed by atoms with Gasteiger partial charge in [-0.25, -0.2) is 12.8 Å². The lowest BCUT2D eigenvalue weighted by atomic mass is 9.96. The van der Waals surface area contributed by atoms with Crippen LogP contribution in [0.1, 0.15) is 44.1 Å². The number of rotatable bonds is 6. The van der Waals surface area contributed by atoms with Crippen LogP contribution in [0, 0.1) is 11.7 Å². The lowest BCUT2D eigenvalue weighted by Gasteiger charge is -2.32. The summed E-state index contributed by atoms with van der Waals surface area (Å²) in [6.07, 6.45) is 5.57. The van der Waals surface area contributed by atoms with Crippen molar-refractivity contribution >= 4 is 21.6 Å². The second-order valence-corrected chi connectivity index (χ2v) is 10.9. The summed E-state index contributed by atoms with van der Waals surface area (Å²) in [5.41, 5.74) is 1.22. The summed E-state index contributed by atoms with van der Waals surface area (Å²) < 4.78 is 41.4. The molecule has 6 nitrogen and oxygen atoms in total. The molecule has 1 N–H and O–H groups in total. The van der Waals surface area contributed by atoms with Gasteiger partial charge in [-0.3, -0.25) is 9.69 Å². The number of piperidine rings is 1. The summed E-state index contributed by atoms with van der Waals surface area (Å²) in [7, 11) is -3.51. The second kappa shape index (κ2) is 10.8. The molecule has 0 bridgehead atoms. The van der Waals surface area contributed by atoms with Crippen LogP contribution in [0.2, 0.25) is 0 Å². The predicted octanol–water partition coefficient (Wildman–Crippen LogP) is 4.24. The Morgan fingerprint density at radius 3 is 2.33 bits per heavy atom. The molecule has 2 fully saturated rings. The molecule has 4 rings (SSSR count). The maximum Gasteiger partial charge on any atom is 0.243 e. The molecule has 2 aromatic rings. The van der Waals surface area contributed by atoms with E-state index in [1.807, 2.05) is 6.07 Å². The lowest BCUT2D eigenvalue weighted by molar-refractivity contribution is -0.121. The maximum absolute atomic E-state index is 14.0. The highest BCUT2D eigenvalue weighted by molar-refractivity contribution is 7.89. The molecule has 33 heavy (non-hydrogen) atoms. The van der Waals surface area contributed by atoms with Crippen LogP contribution in [-0.4, -0.2) is 49.7 Å². The molecule has 1 unspecified atom stereocenters. The van der Waals surface area contributed by atoms with Crippen LogP contribution in [0.25, 0.3) is 0 Å². The van der Waals surface area contributed by atoms with Gasteiger partial charge in [-0.05, 0) is 62.6 Å². The summed E-state index contributed by atoms with van der Waals surface area (Å²) >= 11 is 0. The molecule has 1 atom stereocenters. The van der Waals surface area contributed by atoms with E-state index in [9.17, 15) is 17.6 Å². The lowest BCUT2D eigenvalue weighted by Crippen LogP contribution is -2.40. The van der Waals surface area contributed by atoms with Crippen LogP contribution >= 0.6 is 0 Å². The fraction of sp³-hybridized carbons (Fsp3) is 0.480. The first-order valence-electron chi connectivity index (χ1n) is 11.8. The van der Waals surface area contributed by atoms with Gasteiger partial charge in [0.25, 0.3) is 0 Å². The summed E-state index contributed by atoms with van der Waals surface area (Å²) in [5.74, 6) is -0.498. The highest BCUT2D eigenvalue weighted by Gasteiger charge is 2.27. The number of carbonyl (C=O) groups excluding carboxylic acids is 1. The molecule has 2 aliphatic heterocycles. The summed E-state index contributed by atoms with van der Waals surface area (Å²) in [6, 6.07) is 13.2. The Hall–Kier alpha value is -2.29. The third kappa shape index (κ3) is 5.99. The predicted molar refractivity (Wildman–Crippen MR) is 127 cm³/mol. The Morgan fingerprint density at radius 2 is 1.64 bits per heavy atom. The third-order valence-corrected chi connectivity index (χ3v) is 8.47. The van der Waals surface area contributed by atoms with Crippen LogP contribution < -0.4 is 5.32 Å². The number of sulfonamides is 1. The van der Waals surface area contributed by atoms with Gasteiger partial charge < -0.3 is 5.32 Å². The number of hydrogen-bond donors (Lipinski definition) is 1. The first-order valence-corrected chi connectivity index (χ1v) is 13.2. The maximum atomic E-state index is 14.0. The van der Waals surface area contributed by atoms with Crippen molar-refractivity contribution in [3.63, 3.8) is 0 Å². The number of hydrogen-bond acceptors (Lipinski definition) is 4. The summed E-state index contributed by atoms with van der Waals surface area (Å²) in [6.45, 7) is 3.01. The zero-order chi connectivity index (χ0) is 23.3. The van der Waals surface area contributed by atoms with Gasteiger partial charge in [0.05, 0.1) is 10.8 Å². The molecule has 0 spiro atoms. The molecule has 2 aliphatic rings. The quantitative estimate of drug-likeness (QED) is 0.681. The standard InChI is InChI=1S/C25H32FN3O3S/c26-24-10-4-3-8-20(24)18-28-15-7-9-21(19-28)25(30)27-22-11-13-23(14-12-22)33(31,32)29-16-5-1-2-6-17-29/h3-4,8,10-14,21H,1-2,5-7,9,15-19H2,(H,27,30). The number of nitrogens with zero attached hydrogens (tertiary/aromatic N) is 2. The van der Waals surface area contributed by atoms with E-state index in [4.69, 9.17) is 0 Å². The number of halogens is 1. The molecule has 0 radical (unpaired) electrons. The number of carbonyl (C=O) groups is 1. The number of likely N-dealkylation sites (tertiary alicyclic amines) is 1. The van der Waals surface area contributed by atoms with E-state index < -0.39 is 10.0 Å². The van der Waals surface area contributed by atoms with Gasteiger partial charge in [0, 0.05) is 37.4 Å². The fourth-order valence-electron chi connectivity index (χ4n) is 4.67. The fourth-order valence-corrected chi connectivity index (χ4v) is 6.18. The van der Waals surface area contributed by atoms with Gasteiger partial charge in [-0.2, -0.15) is 4.31 Å². The van der Waals surface area contributed by atoms with Crippen molar-refractivity contribution in [2.75, 3.05) is 31.5 Å². The minimum atomic E-state index is -3.51. The molecule has 178 valence electrons. The molecular formula is C25H32FN3O3S. The molecule has 0 aliphatic carbocycles. The second-order valence-electron chi connectivity index (χ2n) is 9.00. The first kappa shape index (κ1) is 23.9. The third-order valence-electron chi connectivity index (χ3n) is 6.55. The van der Waals surface area contributed by atoms with Crippen LogP contribution in [-0.2, 0) is 21.4 Å². The average Bonchev–Trinajstić information content (AvgIpc) is 3.11. The highest BCUT2D eigenvalue weighted by Crippen LogP contribution is 2.24. The van der Waals surface area contributed by atoms with E-state index in [2.05, 4.69) is 10.2 Å².